The lowest BCUT2D eigenvalue weighted by Crippen LogP contribution is -2.42. The lowest BCUT2D eigenvalue weighted by molar-refractivity contribution is 0.122. The standard InChI is InChI=1S/C16H33N3O3Si/c1-15(2)16-17-14-18-19(16)12-10-8-6-7-9-11-13-23(20-3,21-4)22-5/h14-15H,6-13H2,1-5H3. The molecule has 1 aromatic heterocycles. The molecule has 0 saturated heterocycles. The summed E-state index contributed by atoms with van der Waals surface area (Å²) in [5, 5.41) is 4.31. The summed E-state index contributed by atoms with van der Waals surface area (Å²) in [6.45, 7) is 5.29. The lowest BCUT2D eigenvalue weighted by atomic mass is 10.1. The Morgan fingerprint density at radius 2 is 1.52 bits per heavy atom. The van der Waals surface area contributed by atoms with Gasteiger partial charge in [-0.3, -0.25) is 0 Å². The summed E-state index contributed by atoms with van der Waals surface area (Å²) >= 11 is 0. The Bertz CT molecular complexity index is 414. The van der Waals surface area contributed by atoms with Crippen molar-refractivity contribution >= 4 is 8.80 Å². The third-order valence-corrected chi connectivity index (χ3v) is 7.03. The van der Waals surface area contributed by atoms with Crippen LogP contribution in [-0.4, -0.2) is 44.9 Å². The fourth-order valence-electron chi connectivity index (χ4n) is 2.76. The predicted octanol–water partition coefficient (Wildman–Crippen LogP) is 3.62. The molecule has 0 bridgehead atoms. The van der Waals surface area contributed by atoms with Crippen molar-refractivity contribution in [1.29, 1.82) is 0 Å². The zero-order valence-corrected chi connectivity index (χ0v) is 16.4. The number of aryl methyl sites for hydroxylation is 1. The highest BCUT2D eigenvalue weighted by atomic mass is 28.4. The maximum absolute atomic E-state index is 5.43. The summed E-state index contributed by atoms with van der Waals surface area (Å²) in [7, 11) is 2.66. The van der Waals surface area contributed by atoms with Crippen LogP contribution in [0.15, 0.2) is 6.33 Å². The number of unbranched alkanes of at least 4 members (excludes halogenated alkanes) is 5. The first-order valence-corrected chi connectivity index (χ1v) is 10.5. The zero-order valence-electron chi connectivity index (χ0n) is 15.4. The van der Waals surface area contributed by atoms with E-state index < -0.39 is 8.80 Å². The normalized spacial score (nSPS) is 12.3. The minimum absolute atomic E-state index is 0.435. The highest BCUT2D eigenvalue weighted by Gasteiger charge is 2.36. The van der Waals surface area contributed by atoms with Crippen LogP contribution >= 0.6 is 0 Å². The van der Waals surface area contributed by atoms with Crippen LogP contribution in [0.5, 0.6) is 0 Å². The lowest BCUT2D eigenvalue weighted by Gasteiger charge is -2.24. The molecule has 0 saturated carbocycles. The molecule has 0 aliphatic rings. The highest BCUT2D eigenvalue weighted by Crippen LogP contribution is 2.18. The first kappa shape index (κ1) is 20.3. The minimum atomic E-state index is -2.36. The zero-order chi connectivity index (χ0) is 17.1. The second kappa shape index (κ2) is 10.9. The minimum Gasteiger partial charge on any atom is -0.377 e. The summed E-state index contributed by atoms with van der Waals surface area (Å²) in [5.41, 5.74) is 0. The first-order valence-electron chi connectivity index (χ1n) is 8.61. The van der Waals surface area contributed by atoms with Gasteiger partial charge in [0.15, 0.2) is 0 Å². The van der Waals surface area contributed by atoms with Gasteiger partial charge in [-0.25, -0.2) is 9.67 Å². The van der Waals surface area contributed by atoms with Crippen molar-refractivity contribution in [1.82, 2.24) is 14.8 Å². The Kier molecular flexibility index (Phi) is 9.62. The second-order valence-electron chi connectivity index (χ2n) is 6.16. The molecule has 0 atom stereocenters. The topological polar surface area (TPSA) is 58.4 Å². The van der Waals surface area contributed by atoms with Crippen molar-refractivity contribution in [3.8, 4) is 0 Å². The molecule has 23 heavy (non-hydrogen) atoms. The average molecular weight is 344 g/mol. The van der Waals surface area contributed by atoms with E-state index in [2.05, 4.69) is 23.9 Å². The van der Waals surface area contributed by atoms with Gasteiger partial charge >= 0.3 is 8.80 Å². The fraction of sp³-hybridized carbons (Fsp3) is 0.875. The van der Waals surface area contributed by atoms with Crippen LogP contribution in [0.25, 0.3) is 0 Å². The molecule has 6 nitrogen and oxygen atoms in total. The Morgan fingerprint density at radius 3 is 2.09 bits per heavy atom. The third kappa shape index (κ3) is 6.70. The molecule has 7 heteroatoms. The average Bonchev–Trinajstić information content (AvgIpc) is 3.03. The fourth-order valence-corrected chi connectivity index (χ4v) is 4.55. The van der Waals surface area contributed by atoms with E-state index in [-0.39, 0.29) is 0 Å². The molecule has 0 unspecified atom stereocenters. The number of hydrogen-bond acceptors (Lipinski definition) is 5. The number of aromatic nitrogens is 3. The van der Waals surface area contributed by atoms with Crippen molar-refractivity contribution in [3.63, 3.8) is 0 Å². The number of rotatable bonds is 13. The van der Waals surface area contributed by atoms with E-state index in [4.69, 9.17) is 13.3 Å². The summed E-state index contributed by atoms with van der Waals surface area (Å²) in [6.07, 6.45) is 8.86. The van der Waals surface area contributed by atoms with E-state index in [1.165, 1.54) is 25.7 Å². The summed E-state index contributed by atoms with van der Waals surface area (Å²) in [5.74, 6) is 1.52. The van der Waals surface area contributed by atoms with Crippen molar-refractivity contribution < 1.29 is 13.3 Å². The second-order valence-corrected chi connectivity index (χ2v) is 9.25. The summed E-state index contributed by atoms with van der Waals surface area (Å²) in [6, 6.07) is 0.896. The molecule has 0 aliphatic carbocycles. The van der Waals surface area contributed by atoms with Crippen LogP contribution in [0.2, 0.25) is 6.04 Å². The number of nitrogens with zero attached hydrogens (tertiary/aromatic N) is 3. The maximum atomic E-state index is 5.43. The Balaban J connectivity index is 2.09. The molecule has 0 N–H and O–H groups in total. The molecule has 1 heterocycles. The van der Waals surface area contributed by atoms with Crippen molar-refractivity contribution in [2.75, 3.05) is 21.3 Å². The summed E-state index contributed by atoms with van der Waals surface area (Å²) in [4.78, 5) is 4.32. The molecule has 0 amide bonds. The maximum Gasteiger partial charge on any atom is 0.500 e. The van der Waals surface area contributed by atoms with Crippen LogP contribution in [-0.2, 0) is 19.8 Å². The summed E-state index contributed by atoms with van der Waals surface area (Å²) < 4.78 is 18.3. The SMILES string of the molecule is CO[Si](CCCCCCCCn1ncnc1C(C)C)(OC)OC. The Labute approximate surface area is 141 Å². The van der Waals surface area contributed by atoms with Crippen molar-refractivity contribution in [2.45, 2.75) is 70.9 Å². The van der Waals surface area contributed by atoms with Gasteiger partial charge in [-0.2, -0.15) is 5.10 Å². The van der Waals surface area contributed by atoms with Crippen LogP contribution in [0.3, 0.4) is 0 Å². The van der Waals surface area contributed by atoms with Crippen molar-refractivity contribution in [2.24, 2.45) is 0 Å². The van der Waals surface area contributed by atoms with E-state index in [0.29, 0.717) is 5.92 Å². The van der Waals surface area contributed by atoms with Gasteiger partial charge in [0, 0.05) is 39.8 Å². The van der Waals surface area contributed by atoms with Gasteiger partial charge in [-0.05, 0) is 12.8 Å². The van der Waals surface area contributed by atoms with Crippen LogP contribution in [0.4, 0.5) is 0 Å². The molecule has 0 aromatic carbocycles. The van der Waals surface area contributed by atoms with Crippen LogP contribution in [0, 0.1) is 0 Å². The van der Waals surface area contributed by atoms with Crippen LogP contribution < -0.4 is 0 Å². The van der Waals surface area contributed by atoms with Gasteiger partial charge < -0.3 is 13.3 Å². The van der Waals surface area contributed by atoms with Crippen LogP contribution in [0.1, 0.15) is 64.1 Å². The molecular formula is C16H33N3O3Si. The van der Waals surface area contributed by atoms with Gasteiger partial charge in [0.25, 0.3) is 0 Å². The Hall–Kier alpha value is -0.763. The number of hydrogen-bond donors (Lipinski definition) is 0. The smallest absolute Gasteiger partial charge is 0.377 e. The largest absolute Gasteiger partial charge is 0.500 e. The molecule has 134 valence electrons. The van der Waals surface area contributed by atoms with Crippen molar-refractivity contribution in [3.05, 3.63) is 12.2 Å². The Morgan fingerprint density at radius 1 is 0.957 bits per heavy atom. The molecule has 1 aromatic rings. The van der Waals surface area contributed by atoms with Gasteiger partial charge in [0.1, 0.15) is 12.2 Å². The first-order chi connectivity index (χ1) is 11.1. The highest BCUT2D eigenvalue weighted by molar-refractivity contribution is 6.60. The van der Waals surface area contributed by atoms with Gasteiger partial charge in [0.2, 0.25) is 0 Å². The van der Waals surface area contributed by atoms with Gasteiger partial charge in [0.05, 0.1) is 0 Å². The molecule has 0 aliphatic heterocycles. The molecule has 0 spiro atoms. The van der Waals surface area contributed by atoms with E-state index in [0.717, 1.165) is 31.3 Å². The monoisotopic (exact) mass is 343 g/mol. The predicted molar refractivity (Wildman–Crippen MR) is 93.4 cm³/mol. The van der Waals surface area contributed by atoms with E-state index >= 15 is 0 Å². The van der Waals surface area contributed by atoms with E-state index in [1.54, 1.807) is 27.7 Å². The molecule has 0 radical (unpaired) electrons. The molecule has 1 rings (SSSR count). The molecule has 0 fully saturated rings. The van der Waals surface area contributed by atoms with E-state index in [9.17, 15) is 0 Å². The van der Waals surface area contributed by atoms with Gasteiger partial charge in [-0.15, -0.1) is 0 Å². The third-order valence-electron chi connectivity index (χ3n) is 4.20. The quantitative estimate of drug-likeness (QED) is 0.404. The van der Waals surface area contributed by atoms with Gasteiger partial charge in [-0.1, -0.05) is 39.5 Å². The van der Waals surface area contributed by atoms with E-state index in [1.807, 2.05) is 4.68 Å². The molecular weight excluding hydrogens is 310 g/mol.